The van der Waals surface area contributed by atoms with Crippen LogP contribution in [0.25, 0.3) is 0 Å². The number of nitrogens with one attached hydrogen (secondary N) is 2. The van der Waals surface area contributed by atoms with Gasteiger partial charge in [-0.05, 0) is 13.8 Å². The van der Waals surface area contributed by atoms with Crippen molar-refractivity contribution in [3.8, 4) is 0 Å². The molecule has 3 rings (SSSR count). The van der Waals surface area contributed by atoms with Crippen LogP contribution in [0.2, 0.25) is 0 Å². The van der Waals surface area contributed by atoms with Gasteiger partial charge in [0.1, 0.15) is 5.82 Å². The Hall–Kier alpha value is -3.30. The third-order valence-corrected chi connectivity index (χ3v) is 4.09. The molecule has 0 aliphatic rings. The number of aromatic amines is 1. The largest absolute Gasteiger partial charge is 0.438 e. The van der Waals surface area contributed by atoms with Gasteiger partial charge >= 0.3 is 5.76 Å². The number of amides is 1. The molecule has 0 aromatic carbocycles. The third kappa shape index (κ3) is 4.66. The van der Waals surface area contributed by atoms with Gasteiger partial charge < -0.3 is 5.32 Å². The van der Waals surface area contributed by atoms with Crippen molar-refractivity contribution in [1.29, 1.82) is 0 Å². The molecule has 10 nitrogen and oxygen atoms in total. The van der Waals surface area contributed by atoms with Crippen LogP contribution in [-0.4, -0.2) is 35.8 Å². The summed E-state index contributed by atoms with van der Waals surface area (Å²) in [5.74, 6) is 0.916. The quantitative estimate of drug-likeness (QED) is 0.632. The van der Waals surface area contributed by atoms with E-state index in [0.29, 0.717) is 24.6 Å². The van der Waals surface area contributed by atoms with Crippen LogP contribution in [0.3, 0.4) is 0 Å². The lowest BCUT2D eigenvalue weighted by Crippen LogP contribution is -2.18. The number of hydrogen-bond donors (Lipinski definition) is 2. The van der Waals surface area contributed by atoms with Crippen LogP contribution in [0.5, 0.6) is 0 Å². The van der Waals surface area contributed by atoms with Gasteiger partial charge in [0.15, 0.2) is 11.6 Å². The Kier molecular flexibility index (Phi) is 5.43. The first-order valence-corrected chi connectivity index (χ1v) is 8.65. The number of aromatic nitrogens is 6. The van der Waals surface area contributed by atoms with Crippen molar-refractivity contribution in [2.24, 2.45) is 0 Å². The zero-order valence-corrected chi connectivity index (χ0v) is 15.4. The van der Waals surface area contributed by atoms with Crippen molar-refractivity contribution in [1.82, 2.24) is 29.9 Å². The van der Waals surface area contributed by atoms with Gasteiger partial charge in [0.05, 0.1) is 6.42 Å². The number of nitrogens with zero attached hydrogens (tertiary/aromatic N) is 5. The van der Waals surface area contributed by atoms with Gasteiger partial charge in [0.2, 0.25) is 5.91 Å². The third-order valence-electron chi connectivity index (χ3n) is 4.09. The van der Waals surface area contributed by atoms with E-state index < -0.39 is 5.76 Å². The summed E-state index contributed by atoms with van der Waals surface area (Å²) in [7, 11) is 0. The topological polar surface area (TPSA) is 132 Å². The van der Waals surface area contributed by atoms with Crippen LogP contribution < -0.4 is 11.1 Å². The summed E-state index contributed by atoms with van der Waals surface area (Å²) < 4.78 is 6.09. The SMILES string of the molecule is CCc1nc(C)c(CC(=O)Nc2ccn(CCc3noc(=O)[nH]3)n2)c(C)n1. The first-order valence-electron chi connectivity index (χ1n) is 8.65. The van der Waals surface area contributed by atoms with Crippen molar-refractivity contribution < 1.29 is 9.32 Å². The minimum absolute atomic E-state index is 0.180. The maximum absolute atomic E-state index is 12.4. The van der Waals surface area contributed by atoms with Gasteiger partial charge in [-0.1, -0.05) is 12.1 Å². The summed E-state index contributed by atoms with van der Waals surface area (Å²) in [6, 6.07) is 1.71. The summed E-state index contributed by atoms with van der Waals surface area (Å²) in [5.41, 5.74) is 2.47. The molecule has 0 fully saturated rings. The lowest BCUT2D eigenvalue weighted by molar-refractivity contribution is -0.115. The second kappa shape index (κ2) is 7.94. The second-order valence-electron chi connectivity index (χ2n) is 6.12. The van der Waals surface area contributed by atoms with E-state index in [1.807, 2.05) is 20.8 Å². The fourth-order valence-corrected chi connectivity index (χ4v) is 2.71. The zero-order chi connectivity index (χ0) is 19.4. The molecule has 3 heterocycles. The molecule has 0 saturated heterocycles. The van der Waals surface area contributed by atoms with Crippen LogP contribution in [0.4, 0.5) is 5.82 Å². The van der Waals surface area contributed by atoms with Gasteiger partial charge in [-0.2, -0.15) is 5.10 Å². The summed E-state index contributed by atoms with van der Waals surface area (Å²) in [5, 5.41) is 10.7. The number of hydrogen-bond acceptors (Lipinski definition) is 7. The Balaban J connectivity index is 1.58. The summed E-state index contributed by atoms with van der Waals surface area (Å²) in [6.45, 7) is 6.26. The Morgan fingerprint density at radius 2 is 2.04 bits per heavy atom. The predicted molar refractivity (Wildman–Crippen MR) is 96.3 cm³/mol. The standard InChI is InChI=1S/C17H21N7O3/c1-4-13-18-10(2)12(11(3)19-13)9-16(25)20-14-5-7-24(22-14)8-6-15-21-17(26)27-23-15/h5,7H,4,6,8-9H2,1-3H3,(H,20,22,25)(H,21,23,26). The van der Waals surface area contributed by atoms with E-state index in [0.717, 1.165) is 29.2 Å². The molecular formula is C17H21N7O3. The maximum atomic E-state index is 12.4. The summed E-state index contributed by atoms with van der Waals surface area (Å²) in [6.07, 6.45) is 3.15. The van der Waals surface area contributed by atoms with Crippen molar-refractivity contribution in [3.63, 3.8) is 0 Å². The molecule has 0 aliphatic carbocycles. The van der Waals surface area contributed by atoms with Crippen LogP contribution in [0.15, 0.2) is 21.6 Å². The average molecular weight is 371 g/mol. The lowest BCUT2D eigenvalue weighted by atomic mass is 10.1. The number of aryl methyl sites for hydroxylation is 5. The minimum atomic E-state index is -0.583. The zero-order valence-electron chi connectivity index (χ0n) is 15.4. The number of rotatable bonds is 7. The molecule has 142 valence electrons. The van der Waals surface area contributed by atoms with Crippen molar-refractivity contribution >= 4 is 11.7 Å². The van der Waals surface area contributed by atoms with Crippen LogP contribution in [-0.2, 0) is 30.6 Å². The lowest BCUT2D eigenvalue weighted by Gasteiger charge is -2.10. The van der Waals surface area contributed by atoms with E-state index >= 15 is 0 Å². The van der Waals surface area contributed by atoms with E-state index in [2.05, 4.69) is 35.0 Å². The number of carbonyl (C=O) groups excluding carboxylic acids is 1. The van der Waals surface area contributed by atoms with E-state index in [1.54, 1.807) is 16.9 Å². The minimum Gasteiger partial charge on any atom is -0.309 e. The highest BCUT2D eigenvalue weighted by Crippen LogP contribution is 2.13. The summed E-state index contributed by atoms with van der Waals surface area (Å²) >= 11 is 0. The highest BCUT2D eigenvalue weighted by Gasteiger charge is 2.13. The van der Waals surface area contributed by atoms with Crippen LogP contribution in [0, 0.1) is 13.8 Å². The first kappa shape index (κ1) is 18.5. The van der Waals surface area contributed by atoms with E-state index in [-0.39, 0.29) is 12.3 Å². The molecule has 0 unspecified atom stereocenters. The molecule has 10 heteroatoms. The molecular weight excluding hydrogens is 350 g/mol. The Morgan fingerprint density at radius 3 is 2.67 bits per heavy atom. The number of carbonyl (C=O) groups is 1. The fraction of sp³-hybridized carbons (Fsp3) is 0.412. The van der Waals surface area contributed by atoms with Gasteiger partial charge in [0, 0.05) is 48.6 Å². The van der Waals surface area contributed by atoms with E-state index in [4.69, 9.17) is 0 Å². The average Bonchev–Trinajstić information content (AvgIpc) is 3.24. The Morgan fingerprint density at radius 1 is 1.30 bits per heavy atom. The molecule has 0 saturated carbocycles. The Bertz CT molecular complexity index is 979. The summed E-state index contributed by atoms with van der Waals surface area (Å²) in [4.78, 5) is 34.6. The maximum Gasteiger partial charge on any atom is 0.438 e. The fourth-order valence-electron chi connectivity index (χ4n) is 2.71. The molecule has 0 radical (unpaired) electrons. The van der Waals surface area contributed by atoms with Gasteiger partial charge in [0.25, 0.3) is 0 Å². The van der Waals surface area contributed by atoms with Crippen LogP contribution >= 0.6 is 0 Å². The number of anilines is 1. The monoisotopic (exact) mass is 371 g/mol. The molecule has 2 N–H and O–H groups in total. The van der Waals surface area contributed by atoms with E-state index in [1.165, 1.54) is 0 Å². The molecule has 0 atom stereocenters. The molecule has 3 aromatic rings. The molecule has 0 spiro atoms. The molecule has 1 amide bonds. The molecule has 3 aromatic heterocycles. The smallest absolute Gasteiger partial charge is 0.309 e. The molecule has 27 heavy (non-hydrogen) atoms. The normalized spacial score (nSPS) is 10.9. The van der Waals surface area contributed by atoms with E-state index in [9.17, 15) is 9.59 Å². The molecule has 0 bridgehead atoms. The highest BCUT2D eigenvalue weighted by molar-refractivity contribution is 5.91. The Labute approximate surface area is 155 Å². The van der Waals surface area contributed by atoms with Crippen molar-refractivity contribution in [2.75, 3.05) is 5.32 Å². The van der Waals surface area contributed by atoms with Gasteiger partial charge in [-0.3, -0.25) is 19.0 Å². The predicted octanol–water partition coefficient (Wildman–Crippen LogP) is 0.953. The second-order valence-corrected chi connectivity index (χ2v) is 6.12. The van der Waals surface area contributed by atoms with Crippen molar-refractivity contribution in [3.05, 3.63) is 51.4 Å². The van der Waals surface area contributed by atoms with Gasteiger partial charge in [-0.15, -0.1) is 0 Å². The molecule has 0 aliphatic heterocycles. The first-order chi connectivity index (χ1) is 12.9. The van der Waals surface area contributed by atoms with Gasteiger partial charge in [-0.25, -0.2) is 14.8 Å². The van der Waals surface area contributed by atoms with Crippen LogP contribution in [0.1, 0.15) is 35.5 Å². The highest BCUT2D eigenvalue weighted by atomic mass is 16.5. The van der Waals surface area contributed by atoms with Crippen molar-refractivity contribution in [2.45, 2.75) is 46.6 Å². The number of H-pyrrole nitrogens is 1.